The summed E-state index contributed by atoms with van der Waals surface area (Å²) in [5.74, 6) is 0.268. The molecule has 2 atom stereocenters. The minimum absolute atomic E-state index is 0.126. The Balaban J connectivity index is 1.20. The number of rotatable bonds is 7. The van der Waals surface area contributed by atoms with E-state index < -0.39 is 5.97 Å². The zero-order valence-corrected chi connectivity index (χ0v) is 23.2. The van der Waals surface area contributed by atoms with Gasteiger partial charge in [0.15, 0.2) is 5.13 Å². The van der Waals surface area contributed by atoms with Crippen molar-refractivity contribution in [2.75, 3.05) is 18.0 Å². The van der Waals surface area contributed by atoms with Crippen LogP contribution in [-0.2, 0) is 11.4 Å². The standard InChI is InChI=1S/C27H26Cl2N4O4S/c1-14-11-32(12-15(2)33(14)27-30-21-9-8-17(26(34)35)10-22(21)38-27)36-13-18-24(31-37-25(18)16-6-7-16)23-19(28)4-3-5-20(23)29/h3-5,8-10,14-16H,6-7,11-13H2,1-2H3,(H,34,35)/t14-,15+. The zero-order valence-electron chi connectivity index (χ0n) is 20.9. The number of aromatic carboxylic acids is 1. The lowest BCUT2D eigenvalue weighted by molar-refractivity contribution is -0.182. The molecular weight excluding hydrogens is 547 g/mol. The van der Waals surface area contributed by atoms with E-state index in [9.17, 15) is 9.90 Å². The lowest BCUT2D eigenvalue weighted by atomic mass is 10.0. The van der Waals surface area contributed by atoms with Crippen LogP contribution in [0.5, 0.6) is 0 Å². The Morgan fingerprint density at radius 2 is 1.87 bits per heavy atom. The van der Waals surface area contributed by atoms with Crippen molar-refractivity contribution in [3.63, 3.8) is 0 Å². The van der Waals surface area contributed by atoms with Crippen molar-refractivity contribution in [2.24, 2.45) is 0 Å². The highest BCUT2D eigenvalue weighted by Crippen LogP contribution is 2.46. The molecule has 38 heavy (non-hydrogen) atoms. The van der Waals surface area contributed by atoms with Crippen LogP contribution >= 0.6 is 34.5 Å². The van der Waals surface area contributed by atoms with Gasteiger partial charge in [-0.25, -0.2) is 9.78 Å². The molecule has 6 rings (SSSR count). The summed E-state index contributed by atoms with van der Waals surface area (Å²) in [5, 5.41) is 17.6. The van der Waals surface area contributed by atoms with Gasteiger partial charge >= 0.3 is 5.97 Å². The van der Waals surface area contributed by atoms with Crippen LogP contribution in [0.25, 0.3) is 21.5 Å². The summed E-state index contributed by atoms with van der Waals surface area (Å²) in [6.07, 6.45) is 2.14. The van der Waals surface area contributed by atoms with E-state index in [0.717, 1.165) is 39.5 Å². The molecular formula is C27H26Cl2N4O4S. The predicted molar refractivity (Wildman–Crippen MR) is 148 cm³/mol. The lowest BCUT2D eigenvalue weighted by Crippen LogP contribution is -2.56. The first-order chi connectivity index (χ1) is 18.3. The van der Waals surface area contributed by atoms with E-state index in [-0.39, 0.29) is 17.6 Å². The van der Waals surface area contributed by atoms with Gasteiger partial charge in [0.25, 0.3) is 0 Å². The molecule has 2 aliphatic rings. The fourth-order valence-corrected chi connectivity index (χ4v) is 6.90. The van der Waals surface area contributed by atoms with Gasteiger partial charge in [-0.3, -0.25) is 4.84 Å². The van der Waals surface area contributed by atoms with Gasteiger partial charge in [0.2, 0.25) is 0 Å². The number of piperazine rings is 1. The molecule has 0 radical (unpaired) electrons. The quantitative estimate of drug-likeness (QED) is 0.256. The topological polar surface area (TPSA) is 91.9 Å². The molecule has 0 bridgehead atoms. The molecule has 1 N–H and O–H groups in total. The molecule has 0 spiro atoms. The second kappa shape index (κ2) is 10.1. The normalized spacial score (nSPS) is 20.4. The van der Waals surface area contributed by atoms with Crippen LogP contribution in [0.4, 0.5) is 5.13 Å². The van der Waals surface area contributed by atoms with Gasteiger partial charge in [0.05, 0.1) is 38.0 Å². The van der Waals surface area contributed by atoms with Crippen LogP contribution in [0.2, 0.25) is 10.0 Å². The summed E-state index contributed by atoms with van der Waals surface area (Å²) in [7, 11) is 0. The van der Waals surface area contributed by atoms with E-state index in [1.807, 2.05) is 11.1 Å². The summed E-state index contributed by atoms with van der Waals surface area (Å²) in [6.45, 7) is 5.94. The van der Waals surface area contributed by atoms with Crippen molar-refractivity contribution in [3.05, 3.63) is 63.3 Å². The number of hydrogen-bond donors (Lipinski definition) is 1. The first-order valence-corrected chi connectivity index (χ1v) is 14.1. The molecule has 1 saturated heterocycles. The Labute approximate surface area is 233 Å². The summed E-state index contributed by atoms with van der Waals surface area (Å²) >= 11 is 14.5. The van der Waals surface area contributed by atoms with Crippen molar-refractivity contribution < 1.29 is 19.3 Å². The highest BCUT2D eigenvalue weighted by atomic mass is 35.5. The van der Waals surface area contributed by atoms with Gasteiger partial charge in [0, 0.05) is 36.7 Å². The number of benzene rings is 2. The number of fused-ring (bicyclic) bond motifs is 1. The molecule has 3 heterocycles. The van der Waals surface area contributed by atoms with E-state index in [0.29, 0.717) is 46.9 Å². The SMILES string of the molecule is C[C@@H]1CN(OCc2c(-c3c(Cl)cccc3Cl)noc2C2CC2)C[C@H](C)N1c1nc2ccc(C(=O)O)cc2s1. The van der Waals surface area contributed by atoms with Crippen molar-refractivity contribution in [1.29, 1.82) is 0 Å². The number of carbonyl (C=O) groups is 1. The van der Waals surface area contributed by atoms with Gasteiger partial charge in [-0.1, -0.05) is 45.8 Å². The van der Waals surface area contributed by atoms with Crippen molar-refractivity contribution in [3.8, 4) is 11.3 Å². The number of aromatic nitrogens is 2. The molecule has 8 nitrogen and oxygen atoms in total. The minimum Gasteiger partial charge on any atom is -0.478 e. The Kier molecular flexibility index (Phi) is 6.82. The molecule has 2 aromatic carbocycles. The van der Waals surface area contributed by atoms with E-state index in [4.69, 9.17) is 37.5 Å². The summed E-state index contributed by atoms with van der Waals surface area (Å²) in [6, 6.07) is 10.7. The van der Waals surface area contributed by atoms with Crippen LogP contribution in [0, 0.1) is 0 Å². The molecule has 1 aliphatic heterocycles. The third kappa shape index (κ3) is 4.78. The smallest absolute Gasteiger partial charge is 0.335 e. The Hall–Kier alpha value is -2.69. The molecule has 11 heteroatoms. The number of anilines is 1. The van der Waals surface area contributed by atoms with Crippen LogP contribution in [-0.4, -0.2) is 51.5 Å². The average molecular weight is 574 g/mol. The second-order valence-electron chi connectivity index (χ2n) is 9.95. The molecule has 4 aromatic rings. The number of carboxylic acid groups (broad SMARTS) is 1. The van der Waals surface area contributed by atoms with Crippen LogP contribution in [0.15, 0.2) is 40.9 Å². The molecule has 1 saturated carbocycles. The molecule has 0 unspecified atom stereocenters. The maximum Gasteiger partial charge on any atom is 0.335 e. The highest BCUT2D eigenvalue weighted by molar-refractivity contribution is 7.22. The number of hydrogen-bond acceptors (Lipinski definition) is 8. The third-order valence-electron chi connectivity index (χ3n) is 7.09. The lowest BCUT2D eigenvalue weighted by Gasteiger charge is -2.43. The summed E-state index contributed by atoms with van der Waals surface area (Å²) in [4.78, 5) is 24.8. The number of halogens is 2. The minimum atomic E-state index is -0.938. The van der Waals surface area contributed by atoms with E-state index in [1.54, 1.807) is 30.3 Å². The average Bonchev–Trinajstić information content (AvgIpc) is 3.49. The number of thiazole rings is 1. The van der Waals surface area contributed by atoms with Gasteiger partial charge in [-0.2, -0.15) is 5.06 Å². The molecule has 0 amide bonds. The van der Waals surface area contributed by atoms with Gasteiger partial charge < -0.3 is 14.5 Å². The highest BCUT2D eigenvalue weighted by Gasteiger charge is 2.36. The Morgan fingerprint density at radius 3 is 2.53 bits per heavy atom. The maximum atomic E-state index is 11.4. The van der Waals surface area contributed by atoms with Crippen molar-refractivity contribution in [1.82, 2.24) is 15.2 Å². The van der Waals surface area contributed by atoms with Gasteiger partial charge in [-0.15, -0.1) is 0 Å². The number of carboxylic acids is 1. The second-order valence-corrected chi connectivity index (χ2v) is 11.8. The van der Waals surface area contributed by atoms with Gasteiger partial charge in [-0.05, 0) is 57.0 Å². The summed E-state index contributed by atoms with van der Waals surface area (Å²) < 4.78 is 6.64. The first kappa shape index (κ1) is 25.6. The van der Waals surface area contributed by atoms with Gasteiger partial charge in [0.1, 0.15) is 11.5 Å². The molecule has 2 aromatic heterocycles. The first-order valence-electron chi connectivity index (χ1n) is 12.5. The zero-order chi connectivity index (χ0) is 26.6. The monoisotopic (exact) mass is 572 g/mol. The Bertz CT molecular complexity index is 1490. The predicted octanol–water partition coefficient (Wildman–Crippen LogP) is 6.86. The van der Waals surface area contributed by atoms with Crippen molar-refractivity contribution in [2.45, 2.75) is 51.3 Å². The van der Waals surface area contributed by atoms with E-state index in [1.165, 1.54) is 11.3 Å². The third-order valence-corrected chi connectivity index (χ3v) is 8.75. The van der Waals surface area contributed by atoms with E-state index >= 15 is 0 Å². The fraction of sp³-hybridized carbons (Fsp3) is 0.370. The molecule has 2 fully saturated rings. The maximum absolute atomic E-state index is 11.4. The molecule has 1 aliphatic carbocycles. The molecule has 198 valence electrons. The number of nitrogens with zero attached hydrogens (tertiary/aromatic N) is 4. The Morgan fingerprint density at radius 1 is 1.16 bits per heavy atom. The van der Waals surface area contributed by atoms with Crippen LogP contribution in [0.3, 0.4) is 0 Å². The van der Waals surface area contributed by atoms with Crippen molar-refractivity contribution >= 4 is 55.9 Å². The fourth-order valence-electron chi connectivity index (χ4n) is 5.12. The largest absolute Gasteiger partial charge is 0.478 e. The van der Waals surface area contributed by atoms with Crippen LogP contribution in [0.1, 0.15) is 54.3 Å². The number of hydroxylamine groups is 2. The van der Waals surface area contributed by atoms with Crippen LogP contribution < -0.4 is 4.90 Å². The summed E-state index contributed by atoms with van der Waals surface area (Å²) in [5.41, 5.74) is 3.27. The van der Waals surface area contributed by atoms with E-state index in [2.05, 4.69) is 23.9 Å².